The Morgan fingerprint density at radius 3 is 2.86 bits per heavy atom. The van der Waals surface area contributed by atoms with Crippen LogP contribution in [0, 0.1) is 5.92 Å². The highest BCUT2D eigenvalue weighted by Gasteiger charge is 2.25. The Hall–Kier alpha value is -1.62. The summed E-state index contributed by atoms with van der Waals surface area (Å²) in [5.74, 6) is 0.884. The third kappa shape index (κ3) is 3.94. The van der Waals surface area contributed by atoms with Gasteiger partial charge in [-0.3, -0.25) is 4.79 Å². The molecule has 116 valence electrons. The average molecular weight is 290 g/mol. The van der Waals surface area contributed by atoms with Crippen molar-refractivity contribution in [3.8, 4) is 0 Å². The van der Waals surface area contributed by atoms with Gasteiger partial charge in [0.25, 0.3) is 0 Å². The van der Waals surface area contributed by atoms with Crippen LogP contribution in [0.3, 0.4) is 0 Å². The Kier molecular flexibility index (Phi) is 5.56. The molecule has 2 rings (SSSR count). The molecule has 1 saturated heterocycles. The van der Waals surface area contributed by atoms with Gasteiger partial charge in [0.1, 0.15) is 5.82 Å². The van der Waals surface area contributed by atoms with Crippen LogP contribution in [0.25, 0.3) is 0 Å². The number of hydrogen-bond donors (Lipinski definition) is 2. The summed E-state index contributed by atoms with van der Waals surface area (Å²) in [6.07, 6.45) is 4.60. The molecule has 5 heteroatoms. The minimum Gasteiger partial charge on any atom is -0.369 e. The number of nitrogens with zero attached hydrogens (tertiary/aromatic N) is 2. The number of rotatable bonds is 6. The molecule has 1 amide bonds. The van der Waals surface area contributed by atoms with Crippen LogP contribution in [0.15, 0.2) is 18.3 Å². The maximum atomic E-state index is 11.3. The lowest BCUT2D eigenvalue weighted by Gasteiger charge is -2.33. The predicted octanol–water partition coefficient (Wildman–Crippen LogP) is 1.84. The van der Waals surface area contributed by atoms with E-state index in [1.807, 2.05) is 12.3 Å². The second-order valence-corrected chi connectivity index (χ2v) is 5.76. The number of primary amides is 1. The molecule has 0 aromatic carbocycles. The van der Waals surface area contributed by atoms with Gasteiger partial charge < -0.3 is 16.0 Å². The van der Waals surface area contributed by atoms with Crippen LogP contribution in [-0.2, 0) is 4.79 Å². The Morgan fingerprint density at radius 1 is 1.52 bits per heavy atom. The smallest absolute Gasteiger partial charge is 0.220 e. The van der Waals surface area contributed by atoms with Gasteiger partial charge in [-0.05, 0) is 38.8 Å². The number of pyridine rings is 1. The molecular formula is C16H26N4O. The van der Waals surface area contributed by atoms with Crippen LogP contribution < -0.4 is 16.0 Å². The lowest BCUT2D eigenvalue weighted by molar-refractivity contribution is -0.122. The minimum atomic E-state index is -0.172. The summed E-state index contributed by atoms with van der Waals surface area (Å²) in [4.78, 5) is 18.1. The molecule has 1 aromatic rings. The van der Waals surface area contributed by atoms with Gasteiger partial charge >= 0.3 is 0 Å². The normalized spacial score (nSPS) is 17.7. The van der Waals surface area contributed by atoms with Crippen LogP contribution in [0.4, 0.5) is 5.82 Å². The molecule has 1 fully saturated rings. The summed E-state index contributed by atoms with van der Waals surface area (Å²) in [6, 6.07) is 4.40. The van der Waals surface area contributed by atoms with Crippen molar-refractivity contribution in [3.05, 3.63) is 23.9 Å². The predicted molar refractivity (Wildman–Crippen MR) is 85.1 cm³/mol. The van der Waals surface area contributed by atoms with Crippen molar-refractivity contribution in [1.29, 1.82) is 0 Å². The van der Waals surface area contributed by atoms with Crippen molar-refractivity contribution < 1.29 is 4.79 Å². The summed E-state index contributed by atoms with van der Waals surface area (Å²) >= 11 is 0. The highest BCUT2D eigenvalue weighted by atomic mass is 16.1. The molecular weight excluding hydrogens is 264 g/mol. The van der Waals surface area contributed by atoms with Crippen LogP contribution in [0.2, 0.25) is 0 Å². The van der Waals surface area contributed by atoms with Crippen LogP contribution in [0.1, 0.15) is 44.7 Å². The number of amides is 1. The molecule has 1 aromatic heterocycles. The standard InChI is InChI=1S/C16H26N4O/c1-3-8-18-12(2)14-5-4-9-19-16(14)20-10-6-13(7-11-20)15(17)21/h4-5,9,12-13,18H,3,6-8,10-11H2,1-2H3,(H2,17,21). The molecule has 21 heavy (non-hydrogen) atoms. The highest BCUT2D eigenvalue weighted by molar-refractivity contribution is 5.77. The van der Waals surface area contributed by atoms with Crippen molar-refractivity contribution >= 4 is 11.7 Å². The topological polar surface area (TPSA) is 71.2 Å². The first-order valence-electron chi connectivity index (χ1n) is 7.86. The third-order valence-corrected chi connectivity index (χ3v) is 4.18. The fraction of sp³-hybridized carbons (Fsp3) is 0.625. The first kappa shape index (κ1) is 15.8. The van der Waals surface area contributed by atoms with Crippen LogP contribution >= 0.6 is 0 Å². The molecule has 1 aliphatic heterocycles. The summed E-state index contributed by atoms with van der Waals surface area (Å²) < 4.78 is 0. The lowest BCUT2D eigenvalue weighted by atomic mass is 9.95. The number of piperidine rings is 1. The van der Waals surface area contributed by atoms with Gasteiger partial charge in [0.15, 0.2) is 0 Å². The molecule has 0 aliphatic carbocycles. The number of carbonyl (C=O) groups is 1. The van der Waals surface area contributed by atoms with E-state index in [4.69, 9.17) is 5.73 Å². The van der Waals surface area contributed by atoms with Crippen molar-refractivity contribution in [2.75, 3.05) is 24.5 Å². The zero-order valence-corrected chi connectivity index (χ0v) is 13.0. The van der Waals surface area contributed by atoms with Gasteiger partial charge in [-0.15, -0.1) is 0 Å². The lowest BCUT2D eigenvalue weighted by Crippen LogP contribution is -2.39. The summed E-state index contributed by atoms with van der Waals surface area (Å²) in [7, 11) is 0. The van der Waals surface area contributed by atoms with Crippen LogP contribution in [-0.4, -0.2) is 30.5 Å². The molecule has 2 heterocycles. The maximum Gasteiger partial charge on any atom is 0.220 e. The van der Waals surface area contributed by atoms with E-state index in [1.165, 1.54) is 5.56 Å². The van der Waals surface area contributed by atoms with Crippen molar-refractivity contribution in [2.45, 2.75) is 39.2 Å². The van der Waals surface area contributed by atoms with E-state index in [1.54, 1.807) is 0 Å². The monoisotopic (exact) mass is 290 g/mol. The zero-order valence-electron chi connectivity index (χ0n) is 13.0. The average Bonchev–Trinajstić information content (AvgIpc) is 2.52. The molecule has 0 spiro atoms. The van der Waals surface area contributed by atoms with Gasteiger partial charge in [0.2, 0.25) is 5.91 Å². The third-order valence-electron chi connectivity index (χ3n) is 4.18. The number of carbonyl (C=O) groups excluding carboxylic acids is 1. The van der Waals surface area contributed by atoms with Gasteiger partial charge in [-0.25, -0.2) is 4.98 Å². The van der Waals surface area contributed by atoms with Gasteiger partial charge in [-0.2, -0.15) is 0 Å². The highest BCUT2D eigenvalue weighted by Crippen LogP contribution is 2.27. The molecule has 5 nitrogen and oxygen atoms in total. The van der Waals surface area contributed by atoms with E-state index < -0.39 is 0 Å². The van der Waals surface area contributed by atoms with Crippen molar-refractivity contribution in [1.82, 2.24) is 10.3 Å². The van der Waals surface area contributed by atoms with E-state index in [9.17, 15) is 4.79 Å². The Morgan fingerprint density at radius 2 is 2.24 bits per heavy atom. The van der Waals surface area contributed by atoms with E-state index in [0.717, 1.165) is 44.7 Å². The van der Waals surface area contributed by atoms with Crippen molar-refractivity contribution in [2.24, 2.45) is 11.7 Å². The zero-order chi connectivity index (χ0) is 15.2. The molecule has 1 atom stereocenters. The van der Waals surface area contributed by atoms with E-state index in [2.05, 4.69) is 35.1 Å². The summed E-state index contributed by atoms with van der Waals surface area (Å²) in [5.41, 5.74) is 6.63. The number of aromatic nitrogens is 1. The Bertz CT molecular complexity index is 469. The molecule has 0 bridgehead atoms. The summed E-state index contributed by atoms with van der Waals surface area (Å²) in [5, 5.41) is 3.51. The van der Waals surface area contributed by atoms with E-state index >= 15 is 0 Å². The quantitative estimate of drug-likeness (QED) is 0.838. The van der Waals surface area contributed by atoms with Gasteiger partial charge in [0.05, 0.1) is 0 Å². The van der Waals surface area contributed by atoms with E-state index in [0.29, 0.717) is 0 Å². The Labute approximate surface area is 126 Å². The SMILES string of the molecule is CCCNC(C)c1cccnc1N1CCC(C(N)=O)CC1. The Balaban J connectivity index is 2.08. The van der Waals surface area contributed by atoms with Crippen LogP contribution in [0.5, 0.6) is 0 Å². The molecule has 3 N–H and O–H groups in total. The second kappa shape index (κ2) is 7.41. The molecule has 1 unspecified atom stereocenters. The first-order chi connectivity index (χ1) is 10.1. The number of nitrogens with one attached hydrogen (secondary N) is 1. The van der Waals surface area contributed by atoms with Gasteiger partial charge in [-0.1, -0.05) is 13.0 Å². The summed E-state index contributed by atoms with van der Waals surface area (Å²) in [6.45, 7) is 7.03. The second-order valence-electron chi connectivity index (χ2n) is 5.76. The minimum absolute atomic E-state index is 0.0176. The molecule has 1 aliphatic rings. The molecule has 0 saturated carbocycles. The molecule has 0 radical (unpaired) electrons. The fourth-order valence-corrected chi connectivity index (χ4v) is 2.86. The number of nitrogens with two attached hydrogens (primary N) is 1. The van der Waals surface area contributed by atoms with E-state index in [-0.39, 0.29) is 17.9 Å². The van der Waals surface area contributed by atoms with Gasteiger partial charge in [0, 0.05) is 36.8 Å². The largest absolute Gasteiger partial charge is 0.369 e. The first-order valence-corrected chi connectivity index (χ1v) is 7.86. The number of anilines is 1. The number of hydrogen-bond acceptors (Lipinski definition) is 4. The maximum absolute atomic E-state index is 11.3. The fourth-order valence-electron chi connectivity index (χ4n) is 2.86. The van der Waals surface area contributed by atoms with Crippen molar-refractivity contribution in [3.63, 3.8) is 0 Å².